The van der Waals surface area contributed by atoms with Gasteiger partial charge in [0, 0.05) is 77.4 Å². The van der Waals surface area contributed by atoms with Crippen molar-refractivity contribution in [1.29, 1.82) is 0 Å². The van der Waals surface area contributed by atoms with Gasteiger partial charge in [0.25, 0.3) is 23.6 Å². The standard InChI is InChI=1S/C14H22N4O4.C14H20N3O4PS.5CH4.P2S2/c1-16-10(14(15)22)4-2-3-8-17-11(19)7-9-18-12(20)5-6-13(18)21;1-15-10(14(21)22-23)4-2-3-8-16-11(18)7-9-17-12(19)5-6-13(17)20;;;;;;3-1-2-4/h5-6,10,16H,2-4,7-9H2,1H3,(H2,15,22)(H,17,19);5-6,10,15H,2-4,7-9H2,1H3,(H,16,18);5*1H4;. The van der Waals surface area contributed by atoms with Gasteiger partial charge in [-0.05, 0) is 88.0 Å². The van der Waals surface area contributed by atoms with Crippen molar-refractivity contribution in [3.05, 3.63) is 24.3 Å². The molecule has 0 saturated heterocycles. The van der Waals surface area contributed by atoms with Crippen LogP contribution in [-0.2, 0) is 73.8 Å². The molecular weight excluding hydrogens is 812 g/mol. The fourth-order valence-corrected chi connectivity index (χ4v) is 4.96. The minimum atomic E-state index is -0.389. The van der Waals surface area contributed by atoms with Crippen molar-refractivity contribution in [3.63, 3.8) is 0 Å². The van der Waals surface area contributed by atoms with Crippen molar-refractivity contribution < 1.29 is 38.4 Å². The van der Waals surface area contributed by atoms with Crippen LogP contribution in [0.15, 0.2) is 24.3 Å². The van der Waals surface area contributed by atoms with Gasteiger partial charge in [-0.25, -0.2) is 0 Å². The lowest BCUT2D eigenvalue weighted by Crippen LogP contribution is -2.39. The molecular formula is C33H62N7O8P3S3. The number of likely N-dealkylation sites (N-methyl/N-ethyl adjacent to an activating group) is 2. The summed E-state index contributed by atoms with van der Waals surface area (Å²) in [6.07, 6.45) is 9.25. The number of nitrogens with zero attached hydrogens (tertiary/aromatic N) is 2. The fourth-order valence-electron chi connectivity index (χ4n) is 4.19. The van der Waals surface area contributed by atoms with Gasteiger partial charge in [0.2, 0.25) is 23.2 Å². The van der Waals surface area contributed by atoms with E-state index in [2.05, 4.69) is 44.9 Å². The molecule has 0 aromatic rings. The molecule has 7 amide bonds. The monoisotopic (exact) mass is 873 g/mol. The smallest absolute Gasteiger partial charge is 0.253 e. The van der Waals surface area contributed by atoms with Gasteiger partial charge >= 0.3 is 0 Å². The van der Waals surface area contributed by atoms with E-state index in [1.54, 1.807) is 14.1 Å². The number of imide groups is 2. The number of hydrogen-bond donors (Lipinski definition) is 5. The average molecular weight is 874 g/mol. The Hall–Kier alpha value is -2.68. The molecule has 2 unspecified atom stereocenters. The summed E-state index contributed by atoms with van der Waals surface area (Å²) >= 11 is 13.5. The number of unbranched alkanes of at least 4 members (excludes halogenated alkanes) is 2. The third-order valence-corrected chi connectivity index (χ3v) is 10.6. The zero-order valence-electron chi connectivity index (χ0n) is 27.3. The van der Waals surface area contributed by atoms with E-state index in [1.807, 2.05) is 0 Å². The summed E-state index contributed by atoms with van der Waals surface area (Å²) in [6.45, 7) is 1.15. The van der Waals surface area contributed by atoms with Crippen LogP contribution in [0, 0.1) is 0 Å². The molecule has 0 saturated carbocycles. The van der Waals surface area contributed by atoms with Crippen molar-refractivity contribution in [3.8, 4) is 0 Å². The third kappa shape index (κ3) is 27.8. The normalized spacial score (nSPS) is 13.4. The van der Waals surface area contributed by atoms with Crippen molar-refractivity contribution in [2.75, 3.05) is 40.3 Å². The first-order chi connectivity index (χ1) is 23.4. The molecule has 0 fully saturated rings. The van der Waals surface area contributed by atoms with E-state index >= 15 is 0 Å². The molecule has 2 aliphatic rings. The molecule has 2 atom stereocenters. The Morgan fingerprint density at radius 1 is 0.630 bits per heavy atom. The highest BCUT2D eigenvalue weighted by Crippen LogP contribution is 2.10. The van der Waals surface area contributed by atoms with Crippen LogP contribution < -0.4 is 27.0 Å². The number of nitrogens with two attached hydrogens (primary N) is 1. The molecule has 15 nitrogen and oxygen atoms in total. The Morgan fingerprint density at radius 3 is 1.24 bits per heavy atom. The van der Waals surface area contributed by atoms with Crippen LogP contribution in [0.1, 0.15) is 88.5 Å². The highest BCUT2D eigenvalue weighted by molar-refractivity contribution is 8.40. The third-order valence-electron chi connectivity index (χ3n) is 6.87. The highest BCUT2D eigenvalue weighted by atomic mass is 32.7. The van der Waals surface area contributed by atoms with E-state index in [0.717, 1.165) is 49.6 Å². The van der Waals surface area contributed by atoms with E-state index in [4.69, 9.17) is 17.5 Å². The van der Waals surface area contributed by atoms with Gasteiger partial charge in [-0.2, -0.15) is 0 Å². The van der Waals surface area contributed by atoms with Crippen LogP contribution in [0.4, 0.5) is 0 Å². The van der Waals surface area contributed by atoms with E-state index in [1.165, 1.54) is 24.3 Å². The first-order valence-electron chi connectivity index (χ1n) is 15.1. The molecule has 0 bridgehead atoms. The zero-order chi connectivity index (χ0) is 37.2. The van der Waals surface area contributed by atoms with Crippen molar-refractivity contribution in [1.82, 2.24) is 31.1 Å². The van der Waals surface area contributed by atoms with Crippen LogP contribution in [0.3, 0.4) is 0 Å². The van der Waals surface area contributed by atoms with Gasteiger partial charge in [-0.15, -0.1) is 0 Å². The van der Waals surface area contributed by atoms with Gasteiger partial charge in [0.05, 0.1) is 19.4 Å². The topological polar surface area (TPSA) is 217 Å². The Bertz CT molecular complexity index is 1250. The zero-order valence-corrected chi connectivity index (χ0v) is 32.4. The quantitative estimate of drug-likeness (QED) is 0.0597. The summed E-state index contributed by atoms with van der Waals surface area (Å²) in [4.78, 5) is 93.0. The Balaban J connectivity index is -0.000000179. The molecule has 54 heavy (non-hydrogen) atoms. The summed E-state index contributed by atoms with van der Waals surface area (Å²) in [7, 11) is 5.47. The number of carbonyl (C=O) groups is 8. The Labute approximate surface area is 342 Å². The largest absolute Gasteiger partial charge is 0.368 e. The first kappa shape index (κ1) is 63.3. The number of amides is 7. The number of nitrogens with one attached hydrogen (secondary N) is 4. The first-order valence-corrected chi connectivity index (χ1v) is 21.6. The lowest BCUT2D eigenvalue weighted by atomic mass is 10.1. The lowest BCUT2D eigenvalue weighted by molar-refractivity contribution is -0.139. The minimum Gasteiger partial charge on any atom is -0.368 e. The molecule has 2 heterocycles. The minimum absolute atomic E-state index is 0. The second-order valence-electron chi connectivity index (χ2n) is 10.2. The molecule has 2 aliphatic heterocycles. The Kier molecular flexibility index (Phi) is 45.2. The maximum atomic E-state index is 11.7. The highest BCUT2D eigenvalue weighted by Gasteiger charge is 2.24. The van der Waals surface area contributed by atoms with Crippen LogP contribution in [0.2, 0.25) is 0 Å². The summed E-state index contributed by atoms with van der Waals surface area (Å²) in [5.74, 6) is -2.35. The van der Waals surface area contributed by atoms with E-state index in [9.17, 15) is 38.4 Å². The molecule has 0 radical (unpaired) electrons. The summed E-state index contributed by atoms with van der Waals surface area (Å²) < 4.78 is 0. The maximum absolute atomic E-state index is 11.7. The van der Waals surface area contributed by atoms with Gasteiger partial charge in [-0.3, -0.25) is 48.2 Å². The molecule has 21 heteroatoms. The summed E-state index contributed by atoms with van der Waals surface area (Å²) in [5.41, 5.74) is 5.18. The predicted octanol–water partition coefficient (Wildman–Crippen LogP) is 3.67. The van der Waals surface area contributed by atoms with Gasteiger partial charge in [0.15, 0.2) is 0 Å². The number of primary amides is 1. The van der Waals surface area contributed by atoms with Gasteiger partial charge < -0.3 is 27.0 Å². The number of carbonyl (C=O) groups excluding carboxylic acids is 8. The molecule has 0 spiro atoms. The van der Waals surface area contributed by atoms with Crippen molar-refractivity contribution in [2.45, 2.75) is 101 Å². The lowest BCUT2D eigenvalue weighted by Gasteiger charge is -2.14. The molecule has 6 N–H and O–H groups in total. The second kappa shape index (κ2) is 38.6. The van der Waals surface area contributed by atoms with Crippen molar-refractivity contribution >= 4 is 104 Å². The van der Waals surface area contributed by atoms with Crippen LogP contribution in [-0.4, -0.2) is 109 Å². The molecule has 0 aliphatic carbocycles. The molecule has 0 aromatic carbocycles. The molecule has 0 aromatic heterocycles. The van der Waals surface area contributed by atoms with Crippen LogP contribution >= 0.6 is 21.4 Å². The fraction of sp³-hybridized carbons (Fsp3) is 0.636. The second-order valence-corrected chi connectivity index (χ2v) is 15.6. The summed E-state index contributed by atoms with van der Waals surface area (Å²) in [6, 6.07) is -0.583. The van der Waals surface area contributed by atoms with E-state index < -0.39 is 0 Å². The van der Waals surface area contributed by atoms with Crippen molar-refractivity contribution in [2.24, 2.45) is 5.73 Å². The SMILES string of the molecule is C.C.C.C.C.CNC(CCCCNC(=O)CCN1C(=O)C=CC1=O)C(=O)P=S.CNC(CCCCNC(=O)CCN1C(=O)C=CC1=O)C(N)=O.S=PP=S. The Morgan fingerprint density at radius 2 is 0.963 bits per heavy atom. The maximum Gasteiger partial charge on any atom is 0.253 e. The average Bonchev–Trinajstić information content (AvgIpc) is 3.59. The van der Waals surface area contributed by atoms with E-state index in [-0.39, 0.29) is 122 Å². The van der Waals surface area contributed by atoms with Gasteiger partial charge in [-0.1, -0.05) is 37.1 Å². The number of rotatable bonds is 22. The van der Waals surface area contributed by atoms with E-state index in [0.29, 0.717) is 33.3 Å². The van der Waals surface area contributed by atoms with Gasteiger partial charge in [0.1, 0.15) is 0 Å². The summed E-state index contributed by atoms with van der Waals surface area (Å²) in [5, 5.41) is 11.2. The molecule has 2 rings (SSSR count). The predicted molar refractivity (Wildman–Crippen MR) is 231 cm³/mol. The molecule has 310 valence electrons. The number of hydrogen-bond acceptors (Lipinski definition) is 13. The van der Waals surface area contributed by atoms with Crippen LogP contribution in [0.25, 0.3) is 0 Å². The van der Waals surface area contributed by atoms with Crippen LogP contribution in [0.5, 0.6) is 0 Å².